The molecule has 1 aromatic heterocycles. The van der Waals surface area contributed by atoms with Crippen LogP contribution in [0.15, 0.2) is 45.9 Å². The van der Waals surface area contributed by atoms with Crippen LogP contribution in [-0.4, -0.2) is 23.0 Å². The van der Waals surface area contributed by atoms with Crippen molar-refractivity contribution in [2.24, 2.45) is 5.92 Å². The van der Waals surface area contributed by atoms with E-state index < -0.39 is 10.8 Å². The van der Waals surface area contributed by atoms with Crippen molar-refractivity contribution in [3.05, 3.63) is 47.9 Å². The number of nitrogens with one attached hydrogen (secondary N) is 1. The van der Waals surface area contributed by atoms with E-state index in [1.54, 1.807) is 20.1 Å². The van der Waals surface area contributed by atoms with Gasteiger partial charge in [-0.05, 0) is 36.6 Å². The Hall–Kier alpha value is -2.08. The molecule has 0 fully saturated rings. The fourth-order valence-corrected chi connectivity index (χ4v) is 3.52. The third-order valence-electron chi connectivity index (χ3n) is 3.78. The maximum atomic E-state index is 12.3. The highest BCUT2D eigenvalue weighted by Crippen LogP contribution is 2.24. The Bertz CT molecular complexity index is 706. The van der Waals surface area contributed by atoms with Crippen molar-refractivity contribution < 1.29 is 18.2 Å². The largest absolute Gasteiger partial charge is 0.497 e. The summed E-state index contributed by atoms with van der Waals surface area (Å²) in [5.41, 5.74) is 0.990. The highest BCUT2D eigenvalue weighted by molar-refractivity contribution is 7.85. The van der Waals surface area contributed by atoms with Gasteiger partial charge in [-0.15, -0.1) is 0 Å². The maximum absolute atomic E-state index is 12.3. The van der Waals surface area contributed by atoms with Crippen molar-refractivity contribution in [2.75, 3.05) is 12.9 Å². The van der Waals surface area contributed by atoms with E-state index in [0.29, 0.717) is 10.7 Å². The summed E-state index contributed by atoms with van der Waals surface area (Å²) in [5, 5.41) is 2.98. The number of benzene rings is 1. The molecule has 0 saturated heterocycles. The van der Waals surface area contributed by atoms with Crippen molar-refractivity contribution in [3.8, 4) is 5.75 Å². The van der Waals surface area contributed by atoms with E-state index in [4.69, 9.17) is 9.15 Å². The van der Waals surface area contributed by atoms with Crippen molar-refractivity contribution in [1.82, 2.24) is 5.32 Å². The molecular weight excluding hydrogens is 326 g/mol. The lowest BCUT2D eigenvalue weighted by atomic mass is 9.96. The summed E-state index contributed by atoms with van der Waals surface area (Å²) in [6.45, 7) is 5.80. The molecule has 0 aliphatic heterocycles. The third kappa shape index (κ3) is 4.47. The molecule has 5 nitrogen and oxygen atoms in total. The van der Waals surface area contributed by atoms with Crippen molar-refractivity contribution in [3.63, 3.8) is 0 Å². The van der Waals surface area contributed by atoms with E-state index in [2.05, 4.69) is 5.32 Å². The van der Waals surface area contributed by atoms with E-state index in [-0.39, 0.29) is 23.6 Å². The van der Waals surface area contributed by atoms with Crippen LogP contribution in [0.4, 0.5) is 0 Å². The average Bonchev–Trinajstić information content (AvgIpc) is 2.98. The molecule has 130 valence electrons. The summed E-state index contributed by atoms with van der Waals surface area (Å²) in [4.78, 5) is 12.9. The minimum atomic E-state index is -1.41. The summed E-state index contributed by atoms with van der Waals surface area (Å²) in [6.07, 6.45) is 1.48. The van der Waals surface area contributed by atoms with Gasteiger partial charge in [-0.2, -0.15) is 0 Å². The molecule has 1 amide bonds. The Morgan fingerprint density at radius 2 is 1.92 bits per heavy atom. The minimum absolute atomic E-state index is 0.0836. The normalized spacial score (nSPS) is 13.5. The Kier molecular flexibility index (Phi) is 6.20. The van der Waals surface area contributed by atoms with E-state index in [1.807, 2.05) is 38.1 Å². The Labute approximate surface area is 144 Å². The number of ether oxygens (including phenoxy) is 1. The standard InChI is InChI=1S/C18H23NO4S/c1-12(2)18(14-5-7-15(22-4)8-6-14)19-17(20)11-24(21)16-9-10-23-13(16)3/h5-10,12,18H,11H2,1-4H3,(H,19,20)/t18-,24+/m0/s1. The van der Waals surface area contributed by atoms with Crippen LogP contribution < -0.4 is 10.1 Å². The van der Waals surface area contributed by atoms with Gasteiger partial charge in [-0.1, -0.05) is 26.0 Å². The van der Waals surface area contributed by atoms with Gasteiger partial charge in [-0.25, -0.2) is 0 Å². The summed E-state index contributed by atoms with van der Waals surface area (Å²) in [5.74, 6) is 1.22. The second kappa shape index (κ2) is 8.15. The molecule has 24 heavy (non-hydrogen) atoms. The molecule has 0 saturated carbocycles. The van der Waals surface area contributed by atoms with E-state index in [1.165, 1.54) is 6.26 Å². The fourth-order valence-electron chi connectivity index (χ4n) is 2.47. The monoisotopic (exact) mass is 349 g/mol. The smallest absolute Gasteiger partial charge is 0.233 e. The number of amides is 1. The van der Waals surface area contributed by atoms with Gasteiger partial charge in [0, 0.05) is 0 Å². The quantitative estimate of drug-likeness (QED) is 0.833. The summed E-state index contributed by atoms with van der Waals surface area (Å²) < 4.78 is 22.6. The van der Waals surface area contributed by atoms with Gasteiger partial charge < -0.3 is 14.5 Å². The number of hydrogen-bond acceptors (Lipinski definition) is 4. The van der Waals surface area contributed by atoms with Crippen LogP contribution in [0.25, 0.3) is 0 Å². The molecule has 0 spiro atoms. The van der Waals surface area contributed by atoms with Crippen molar-refractivity contribution in [2.45, 2.75) is 31.7 Å². The molecule has 0 aliphatic carbocycles. The molecule has 2 atom stereocenters. The number of carbonyl (C=O) groups is 1. The predicted octanol–water partition coefficient (Wildman–Crippen LogP) is 3.22. The lowest BCUT2D eigenvalue weighted by Crippen LogP contribution is -2.34. The Morgan fingerprint density at radius 3 is 2.42 bits per heavy atom. The van der Waals surface area contributed by atoms with Crippen LogP contribution in [0.1, 0.15) is 31.2 Å². The molecule has 0 unspecified atom stereocenters. The molecular formula is C18H23NO4S. The summed E-state index contributed by atoms with van der Waals surface area (Å²) >= 11 is 0. The number of carbonyl (C=O) groups excluding carboxylic acids is 1. The first-order valence-electron chi connectivity index (χ1n) is 7.78. The third-order valence-corrected chi connectivity index (χ3v) is 5.22. The van der Waals surface area contributed by atoms with Crippen LogP contribution in [-0.2, 0) is 15.6 Å². The first-order chi connectivity index (χ1) is 11.4. The molecule has 0 radical (unpaired) electrons. The first-order valence-corrected chi connectivity index (χ1v) is 9.10. The molecule has 0 aliphatic rings. The minimum Gasteiger partial charge on any atom is -0.497 e. The number of methoxy groups -OCH3 is 1. The van der Waals surface area contributed by atoms with Crippen LogP contribution in [0, 0.1) is 12.8 Å². The van der Waals surface area contributed by atoms with Gasteiger partial charge >= 0.3 is 0 Å². The lowest BCUT2D eigenvalue weighted by molar-refractivity contribution is -0.119. The predicted molar refractivity (Wildman–Crippen MR) is 93.4 cm³/mol. The second-order valence-electron chi connectivity index (χ2n) is 5.89. The molecule has 0 bridgehead atoms. The number of furan rings is 1. The number of rotatable bonds is 7. The van der Waals surface area contributed by atoms with Crippen LogP contribution >= 0.6 is 0 Å². The van der Waals surface area contributed by atoms with Crippen LogP contribution in [0.2, 0.25) is 0 Å². The van der Waals surface area contributed by atoms with Crippen LogP contribution in [0.3, 0.4) is 0 Å². The Morgan fingerprint density at radius 1 is 1.25 bits per heavy atom. The van der Waals surface area contributed by atoms with E-state index in [0.717, 1.165) is 11.3 Å². The lowest BCUT2D eigenvalue weighted by Gasteiger charge is -2.23. The number of hydrogen-bond donors (Lipinski definition) is 1. The van der Waals surface area contributed by atoms with Gasteiger partial charge in [0.05, 0.1) is 35.1 Å². The average molecular weight is 349 g/mol. The van der Waals surface area contributed by atoms with E-state index in [9.17, 15) is 9.00 Å². The molecule has 6 heteroatoms. The summed E-state index contributed by atoms with van der Waals surface area (Å²) in [7, 11) is 0.204. The molecule has 1 N–H and O–H groups in total. The van der Waals surface area contributed by atoms with Gasteiger partial charge in [0.1, 0.15) is 17.3 Å². The van der Waals surface area contributed by atoms with Crippen LogP contribution in [0.5, 0.6) is 5.75 Å². The van der Waals surface area contributed by atoms with Gasteiger partial charge in [0.25, 0.3) is 0 Å². The molecule has 1 aromatic carbocycles. The topological polar surface area (TPSA) is 68.5 Å². The molecule has 2 rings (SSSR count). The highest BCUT2D eigenvalue weighted by Gasteiger charge is 2.21. The second-order valence-corrected chi connectivity index (χ2v) is 7.31. The van der Waals surface area contributed by atoms with Gasteiger partial charge in [0.2, 0.25) is 5.91 Å². The number of aryl methyl sites for hydroxylation is 1. The first kappa shape index (κ1) is 18.3. The maximum Gasteiger partial charge on any atom is 0.233 e. The van der Waals surface area contributed by atoms with Gasteiger partial charge in [-0.3, -0.25) is 9.00 Å². The molecule has 2 aromatic rings. The molecule has 1 heterocycles. The van der Waals surface area contributed by atoms with Crippen molar-refractivity contribution in [1.29, 1.82) is 0 Å². The summed E-state index contributed by atoms with van der Waals surface area (Å²) in [6, 6.07) is 9.09. The highest BCUT2D eigenvalue weighted by atomic mass is 32.2. The zero-order chi connectivity index (χ0) is 17.7. The zero-order valence-corrected chi connectivity index (χ0v) is 15.2. The fraction of sp³-hybridized carbons (Fsp3) is 0.389. The van der Waals surface area contributed by atoms with Gasteiger partial charge in [0.15, 0.2) is 0 Å². The Balaban J connectivity index is 2.05. The van der Waals surface area contributed by atoms with Crippen molar-refractivity contribution >= 4 is 16.7 Å². The SMILES string of the molecule is COc1ccc([C@@H](NC(=O)C[S@@](=O)c2ccoc2C)C(C)C)cc1. The van der Waals surface area contributed by atoms with E-state index >= 15 is 0 Å². The zero-order valence-electron chi connectivity index (χ0n) is 14.4.